The van der Waals surface area contributed by atoms with E-state index < -0.39 is 5.54 Å². The van der Waals surface area contributed by atoms with Crippen LogP contribution < -0.4 is 5.32 Å². The molecule has 4 nitrogen and oxygen atoms in total. The molecular weight excluding hydrogens is 228 g/mol. The van der Waals surface area contributed by atoms with Crippen LogP contribution in [0, 0.1) is 11.8 Å². The third-order valence-corrected chi connectivity index (χ3v) is 3.81. The van der Waals surface area contributed by atoms with Crippen LogP contribution in [-0.2, 0) is 9.59 Å². The number of hydrogen-bond acceptors (Lipinski definition) is 2. The van der Waals surface area contributed by atoms with Crippen LogP contribution in [0.15, 0.2) is 0 Å². The lowest BCUT2D eigenvalue weighted by atomic mass is 9.87. The number of nitrogens with zero attached hydrogens (tertiary/aromatic N) is 1. The minimum atomic E-state index is -0.702. The van der Waals surface area contributed by atoms with Gasteiger partial charge in [0.15, 0.2) is 0 Å². The highest BCUT2D eigenvalue weighted by molar-refractivity contribution is 5.99. The van der Waals surface area contributed by atoms with E-state index in [1.165, 1.54) is 0 Å². The average molecular weight is 254 g/mol. The third kappa shape index (κ3) is 2.52. The Labute approximate surface area is 110 Å². The zero-order valence-electron chi connectivity index (χ0n) is 12.4. The topological polar surface area (TPSA) is 49.4 Å². The highest BCUT2D eigenvalue weighted by Crippen LogP contribution is 2.27. The molecule has 2 unspecified atom stereocenters. The molecule has 1 aliphatic heterocycles. The molecular formula is C14H26N2O2. The first-order valence-electron chi connectivity index (χ1n) is 6.86. The number of piperazine rings is 1. The minimum Gasteiger partial charge on any atom is -0.342 e. The van der Waals surface area contributed by atoms with Gasteiger partial charge in [0.05, 0.1) is 0 Å². The van der Waals surface area contributed by atoms with Crippen LogP contribution in [-0.4, -0.2) is 34.8 Å². The van der Waals surface area contributed by atoms with Gasteiger partial charge in [-0.25, -0.2) is 0 Å². The van der Waals surface area contributed by atoms with Crippen LogP contribution in [0.4, 0.5) is 0 Å². The first kappa shape index (κ1) is 15.0. The fraction of sp³-hybridized carbons (Fsp3) is 0.857. The summed E-state index contributed by atoms with van der Waals surface area (Å²) in [6.45, 7) is 12.5. The van der Waals surface area contributed by atoms with Crippen molar-refractivity contribution in [2.24, 2.45) is 11.8 Å². The maximum atomic E-state index is 12.5. The van der Waals surface area contributed by atoms with Crippen molar-refractivity contribution < 1.29 is 9.59 Å². The molecule has 4 heteroatoms. The van der Waals surface area contributed by atoms with Crippen LogP contribution in [0.1, 0.15) is 48.0 Å². The van der Waals surface area contributed by atoms with E-state index >= 15 is 0 Å². The Bertz CT molecular complexity index is 339. The Kier molecular flexibility index (Phi) is 4.41. The van der Waals surface area contributed by atoms with Crippen molar-refractivity contribution in [3.05, 3.63) is 0 Å². The largest absolute Gasteiger partial charge is 0.342 e. The van der Waals surface area contributed by atoms with Crippen molar-refractivity contribution in [1.82, 2.24) is 10.2 Å². The van der Waals surface area contributed by atoms with E-state index in [1.807, 2.05) is 27.7 Å². The van der Waals surface area contributed by atoms with Crippen molar-refractivity contribution in [2.75, 3.05) is 6.54 Å². The Balaban J connectivity index is 3.09. The van der Waals surface area contributed by atoms with Gasteiger partial charge in [-0.15, -0.1) is 0 Å². The maximum absolute atomic E-state index is 12.5. The number of carbonyl (C=O) groups excluding carboxylic acids is 2. The fourth-order valence-corrected chi connectivity index (χ4v) is 2.35. The smallest absolute Gasteiger partial charge is 0.246 e. The summed E-state index contributed by atoms with van der Waals surface area (Å²) in [6.07, 6.45) is 0.641. The summed E-state index contributed by atoms with van der Waals surface area (Å²) in [5.41, 5.74) is -0.702. The zero-order chi connectivity index (χ0) is 14.1. The molecule has 1 fully saturated rings. The van der Waals surface area contributed by atoms with Crippen LogP contribution in [0.2, 0.25) is 0 Å². The molecule has 1 rings (SSSR count). The Morgan fingerprint density at radius 3 is 2.22 bits per heavy atom. The van der Waals surface area contributed by atoms with Gasteiger partial charge >= 0.3 is 0 Å². The van der Waals surface area contributed by atoms with Crippen LogP contribution >= 0.6 is 0 Å². The van der Waals surface area contributed by atoms with Crippen LogP contribution in [0.3, 0.4) is 0 Å². The summed E-state index contributed by atoms with van der Waals surface area (Å²) >= 11 is 0. The molecule has 0 radical (unpaired) electrons. The van der Waals surface area contributed by atoms with E-state index in [4.69, 9.17) is 0 Å². The van der Waals surface area contributed by atoms with Crippen molar-refractivity contribution in [3.8, 4) is 0 Å². The molecule has 1 saturated heterocycles. The van der Waals surface area contributed by atoms with Crippen molar-refractivity contribution in [3.63, 3.8) is 0 Å². The lowest BCUT2D eigenvalue weighted by molar-refractivity contribution is -0.158. The number of carbonyl (C=O) groups is 2. The van der Waals surface area contributed by atoms with Gasteiger partial charge < -0.3 is 10.2 Å². The van der Waals surface area contributed by atoms with E-state index in [0.29, 0.717) is 18.9 Å². The number of nitrogens with one attached hydrogen (secondary N) is 1. The first-order valence-corrected chi connectivity index (χ1v) is 6.86. The molecule has 1 heterocycles. The molecule has 0 aromatic heterocycles. The lowest BCUT2D eigenvalue weighted by Gasteiger charge is -2.47. The predicted molar refractivity (Wildman–Crippen MR) is 72.0 cm³/mol. The summed E-state index contributed by atoms with van der Waals surface area (Å²) in [5.74, 6) is 0.516. The molecule has 2 amide bonds. The van der Waals surface area contributed by atoms with Gasteiger partial charge in [-0.05, 0) is 25.2 Å². The van der Waals surface area contributed by atoms with Crippen molar-refractivity contribution >= 4 is 11.8 Å². The highest BCUT2D eigenvalue weighted by atomic mass is 16.2. The zero-order valence-corrected chi connectivity index (χ0v) is 12.4. The second-order valence-electron chi connectivity index (χ2n) is 6.17. The molecule has 2 atom stereocenters. The maximum Gasteiger partial charge on any atom is 0.246 e. The number of hydrogen-bond donors (Lipinski definition) is 1. The summed E-state index contributed by atoms with van der Waals surface area (Å²) in [5, 5.41) is 2.88. The van der Waals surface area contributed by atoms with Crippen LogP contribution in [0.5, 0.6) is 0 Å². The predicted octanol–water partition coefficient (Wildman–Crippen LogP) is 1.79. The molecule has 0 aliphatic carbocycles. The Morgan fingerprint density at radius 1 is 1.28 bits per heavy atom. The monoisotopic (exact) mass is 254 g/mol. The van der Waals surface area contributed by atoms with E-state index in [0.717, 1.165) is 0 Å². The summed E-state index contributed by atoms with van der Waals surface area (Å²) in [6, 6.07) is -0.379. The third-order valence-electron chi connectivity index (χ3n) is 3.81. The molecule has 18 heavy (non-hydrogen) atoms. The number of amides is 2. The van der Waals surface area contributed by atoms with Gasteiger partial charge in [-0.2, -0.15) is 0 Å². The van der Waals surface area contributed by atoms with Gasteiger partial charge in [-0.3, -0.25) is 9.59 Å². The fourth-order valence-electron chi connectivity index (χ4n) is 2.35. The van der Waals surface area contributed by atoms with Gasteiger partial charge in [0.25, 0.3) is 0 Å². The van der Waals surface area contributed by atoms with E-state index in [2.05, 4.69) is 19.2 Å². The number of rotatable bonds is 4. The standard InChI is InChI=1S/C14H26N2O2/c1-7-14(6)13(18)15-11(10(4)5)12(17)16(14)8-9(2)3/h9-11H,7-8H2,1-6H3,(H,15,18). The SMILES string of the molecule is CCC1(C)C(=O)NC(C(C)C)C(=O)N1CC(C)C. The van der Waals surface area contributed by atoms with E-state index in [-0.39, 0.29) is 23.8 Å². The molecule has 0 bridgehead atoms. The van der Waals surface area contributed by atoms with Crippen LogP contribution in [0.25, 0.3) is 0 Å². The average Bonchev–Trinajstić information content (AvgIpc) is 2.28. The summed E-state index contributed by atoms with van der Waals surface area (Å²) in [4.78, 5) is 26.6. The van der Waals surface area contributed by atoms with Gasteiger partial charge in [0.2, 0.25) is 11.8 Å². The normalized spacial score (nSPS) is 29.1. The first-order chi connectivity index (χ1) is 8.24. The lowest BCUT2D eigenvalue weighted by Crippen LogP contribution is -2.70. The quantitative estimate of drug-likeness (QED) is 0.831. The van der Waals surface area contributed by atoms with Crippen molar-refractivity contribution in [1.29, 1.82) is 0 Å². The molecule has 104 valence electrons. The molecule has 0 spiro atoms. The molecule has 1 aliphatic rings. The second kappa shape index (κ2) is 5.29. The summed E-state index contributed by atoms with van der Waals surface area (Å²) < 4.78 is 0. The van der Waals surface area contributed by atoms with E-state index in [1.54, 1.807) is 4.90 Å². The van der Waals surface area contributed by atoms with Gasteiger partial charge in [0.1, 0.15) is 11.6 Å². The Morgan fingerprint density at radius 2 is 1.83 bits per heavy atom. The second-order valence-corrected chi connectivity index (χ2v) is 6.17. The minimum absolute atomic E-state index is 0.0241. The van der Waals surface area contributed by atoms with E-state index in [9.17, 15) is 9.59 Å². The molecule has 0 saturated carbocycles. The Hall–Kier alpha value is -1.06. The molecule has 0 aromatic rings. The molecule has 1 N–H and O–H groups in total. The van der Waals surface area contributed by atoms with Gasteiger partial charge in [0, 0.05) is 6.54 Å². The molecule has 0 aromatic carbocycles. The van der Waals surface area contributed by atoms with Crippen molar-refractivity contribution in [2.45, 2.75) is 59.5 Å². The highest BCUT2D eigenvalue weighted by Gasteiger charge is 2.48. The van der Waals surface area contributed by atoms with Gasteiger partial charge in [-0.1, -0.05) is 34.6 Å². The summed E-state index contributed by atoms with van der Waals surface area (Å²) in [7, 11) is 0.